The van der Waals surface area contributed by atoms with E-state index in [2.05, 4.69) is 42.8 Å². The van der Waals surface area contributed by atoms with Gasteiger partial charge in [-0.15, -0.1) is 0 Å². The standard InChI is InChI=1S/C16H13/c1-2-7-15-13(4-1)9-14-8-11-5-3-6-12(11)10-16(14)15/h1-2,4,7-10H,3,5-6H2. The molecule has 77 valence electrons. The molecule has 2 aliphatic carbocycles. The number of rotatable bonds is 0. The van der Waals surface area contributed by atoms with Crippen LogP contribution in [0.15, 0.2) is 36.4 Å². The highest BCUT2D eigenvalue weighted by Crippen LogP contribution is 2.40. The van der Waals surface area contributed by atoms with E-state index < -0.39 is 0 Å². The third-order valence-electron chi connectivity index (χ3n) is 3.83. The molecule has 0 aromatic heterocycles. The number of hydrogen-bond acceptors (Lipinski definition) is 0. The maximum Gasteiger partial charge on any atom is 0.0212 e. The Morgan fingerprint density at radius 3 is 2.50 bits per heavy atom. The van der Waals surface area contributed by atoms with Crippen molar-refractivity contribution in [3.63, 3.8) is 0 Å². The van der Waals surface area contributed by atoms with Crippen LogP contribution >= 0.6 is 0 Å². The molecule has 0 heterocycles. The zero-order valence-electron chi connectivity index (χ0n) is 9.16. The van der Waals surface area contributed by atoms with Gasteiger partial charge in [-0.05, 0) is 52.6 Å². The first-order chi connectivity index (χ1) is 7.92. The third kappa shape index (κ3) is 1.05. The maximum atomic E-state index is 2.42. The van der Waals surface area contributed by atoms with Crippen molar-refractivity contribution in [1.82, 2.24) is 0 Å². The van der Waals surface area contributed by atoms with Gasteiger partial charge in [-0.25, -0.2) is 0 Å². The van der Waals surface area contributed by atoms with E-state index in [0.29, 0.717) is 0 Å². The van der Waals surface area contributed by atoms with E-state index in [4.69, 9.17) is 0 Å². The van der Waals surface area contributed by atoms with Crippen LogP contribution in [0.25, 0.3) is 11.1 Å². The molecule has 16 heavy (non-hydrogen) atoms. The fourth-order valence-corrected chi connectivity index (χ4v) is 3.03. The molecule has 2 aromatic carbocycles. The van der Waals surface area contributed by atoms with Gasteiger partial charge >= 0.3 is 0 Å². The molecule has 2 aromatic rings. The van der Waals surface area contributed by atoms with Crippen molar-refractivity contribution in [1.29, 1.82) is 0 Å². The molecular weight excluding hydrogens is 192 g/mol. The van der Waals surface area contributed by atoms with Crippen LogP contribution < -0.4 is 0 Å². The Morgan fingerprint density at radius 1 is 0.750 bits per heavy atom. The average Bonchev–Trinajstić information content (AvgIpc) is 2.88. The van der Waals surface area contributed by atoms with E-state index in [1.54, 1.807) is 11.1 Å². The molecular formula is C16H13. The van der Waals surface area contributed by atoms with Gasteiger partial charge in [0.2, 0.25) is 0 Å². The van der Waals surface area contributed by atoms with Crippen molar-refractivity contribution in [2.75, 3.05) is 0 Å². The molecule has 0 spiro atoms. The first-order valence-electron chi connectivity index (χ1n) is 6.02. The quantitative estimate of drug-likeness (QED) is 0.524. The molecule has 4 rings (SSSR count). The van der Waals surface area contributed by atoms with Crippen molar-refractivity contribution >= 4 is 0 Å². The summed E-state index contributed by atoms with van der Waals surface area (Å²) in [6, 6.07) is 13.5. The zero-order valence-corrected chi connectivity index (χ0v) is 9.16. The van der Waals surface area contributed by atoms with Gasteiger partial charge in [0.05, 0.1) is 0 Å². The van der Waals surface area contributed by atoms with Crippen LogP contribution in [0.5, 0.6) is 0 Å². The summed E-state index contributed by atoms with van der Waals surface area (Å²) in [6.45, 7) is 0. The first kappa shape index (κ1) is 8.58. The molecule has 0 nitrogen and oxygen atoms in total. The van der Waals surface area contributed by atoms with Crippen LogP contribution in [0.4, 0.5) is 0 Å². The van der Waals surface area contributed by atoms with E-state index in [1.165, 1.54) is 41.5 Å². The van der Waals surface area contributed by atoms with E-state index >= 15 is 0 Å². The topological polar surface area (TPSA) is 0 Å². The number of fused-ring (bicyclic) bond motifs is 4. The Labute approximate surface area is 95.9 Å². The van der Waals surface area contributed by atoms with E-state index in [-0.39, 0.29) is 0 Å². The number of hydrogen-bond donors (Lipinski definition) is 0. The van der Waals surface area contributed by atoms with Gasteiger partial charge in [-0.3, -0.25) is 0 Å². The predicted molar refractivity (Wildman–Crippen MR) is 66.4 cm³/mol. The van der Waals surface area contributed by atoms with Crippen LogP contribution in [0, 0.1) is 6.42 Å². The van der Waals surface area contributed by atoms with Crippen molar-refractivity contribution in [3.05, 3.63) is 65.1 Å². The van der Waals surface area contributed by atoms with E-state index in [9.17, 15) is 0 Å². The SMILES string of the molecule is [CH]1c2ccccc2-c2cc3c(cc21)CCC3. The molecule has 0 unspecified atom stereocenters. The van der Waals surface area contributed by atoms with Gasteiger partial charge < -0.3 is 0 Å². The van der Waals surface area contributed by atoms with Crippen LogP contribution in [0.2, 0.25) is 0 Å². The lowest BCUT2D eigenvalue weighted by Gasteiger charge is -2.05. The third-order valence-corrected chi connectivity index (χ3v) is 3.83. The smallest absolute Gasteiger partial charge is 0.0212 e. The molecule has 1 radical (unpaired) electrons. The summed E-state index contributed by atoms with van der Waals surface area (Å²) in [7, 11) is 0. The minimum Gasteiger partial charge on any atom is -0.0619 e. The van der Waals surface area contributed by atoms with Crippen LogP contribution in [0.3, 0.4) is 0 Å². The molecule has 2 aliphatic rings. The summed E-state index contributed by atoms with van der Waals surface area (Å²) < 4.78 is 0. The number of benzene rings is 2. The lowest BCUT2D eigenvalue weighted by Crippen LogP contribution is -1.86. The summed E-state index contributed by atoms with van der Waals surface area (Å²) in [5, 5.41) is 0. The van der Waals surface area contributed by atoms with Gasteiger partial charge in [0.15, 0.2) is 0 Å². The van der Waals surface area contributed by atoms with Crippen LogP contribution in [0.1, 0.15) is 28.7 Å². The van der Waals surface area contributed by atoms with Crippen molar-refractivity contribution in [3.8, 4) is 11.1 Å². The Kier molecular flexibility index (Phi) is 1.59. The molecule has 0 amide bonds. The fraction of sp³-hybridized carbons (Fsp3) is 0.188. The molecule has 0 heteroatoms. The summed E-state index contributed by atoms with van der Waals surface area (Å²) >= 11 is 0. The minimum absolute atomic E-state index is 1.27. The normalized spacial score (nSPS) is 15.8. The Balaban J connectivity index is 1.98. The molecule has 0 saturated carbocycles. The molecule has 0 bridgehead atoms. The fourth-order valence-electron chi connectivity index (χ4n) is 3.03. The highest BCUT2D eigenvalue weighted by atomic mass is 14.3. The van der Waals surface area contributed by atoms with Gasteiger partial charge in [0.25, 0.3) is 0 Å². The summed E-state index contributed by atoms with van der Waals surface area (Å²) in [4.78, 5) is 0. The minimum atomic E-state index is 1.27. The highest BCUT2D eigenvalue weighted by Gasteiger charge is 2.21. The van der Waals surface area contributed by atoms with Crippen LogP contribution in [-0.2, 0) is 12.8 Å². The average molecular weight is 205 g/mol. The van der Waals surface area contributed by atoms with E-state index in [0.717, 1.165) is 0 Å². The maximum absolute atomic E-state index is 2.42. The van der Waals surface area contributed by atoms with Gasteiger partial charge in [0, 0.05) is 6.42 Å². The Bertz CT molecular complexity index is 579. The highest BCUT2D eigenvalue weighted by molar-refractivity contribution is 5.82. The molecule has 0 fully saturated rings. The molecule has 0 saturated heterocycles. The second-order valence-electron chi connectivity index (χ2n) is 4.79. The first-order valence-corrected chi connectivity index (χ1v) is 6.02. The van der Waals surface area contributed by atoms with Crippen molar-refractivity contribution in [2.45, 2.75) is 19.3 Å². The lowest BCUT2D eigenvalue weighted by atomic mass is 10.00. The molecule has 0 atom stereocenters. The van der Waals surface area contributed by atoms with E-state index in [1.807, 2.05) is 0 Å². The zero-order chi connectivity index (χ0) is 10.5. The van der Waals surface area contributed by atoms with Gasteiger partial charge in [-0.1, -0.05) is 36.4 Å². The van der Waals surface area contributed by atoms with Crippen LogP contribution in [-0.4, -0.2) is 0 Å². The summed E-state index contributed by atoms with van der Waals surface area (Å²) in [6.07, 6.45) is 6.20. The monoisotopic (exact) mass is 205 g/mol. The van der Waals surface area contributed by atoms with Gasteiger partial charge in [-0.2, -0.15) is 0 Å². The largest absolute Gasteiger partial charge is 0.0619 e. The second kappa shape index (κ2) is 2.98. The second-order valence-corrected chi connectivity index (χ2v) is 4.79. The number of aryl methyl sites for hydroxylation is 2. The lowest BCUT2D eigenvalue weighted by molar-refractivity contribution is 0.911. The van der Waals surface area contributed by atoms with Crippen molar-refractivity contribution in [2.24, 2.45) is 0 Å². The molecule has 0 N–H and O–H groups in total. The summed E-state index contributed by atoms with van der Waals surface area (Å²) in [5.74, 6) is 0. The Hall–Kier alpha value is -1.56. The molecule has 0 aliphatic heterocycles. The predicted octanol–water partition coefficient (Wildman–Crippen LogP) is 3.76. The van der Waals surface area contributed by atoms with Crippen molar-refractivity contribution < 1.29 is 0 Å². The Morgan fingerprint density at radius 2 is 1.56 bits per heavy atom. The summed E-state index contributed by atoms with van der Waals surface area (Å²) in [5.41, 5.74) is 8.79. The van der Waals surface area contributed by atoms with Gasteiger partial charge in [0.1, 0.15) is 0 Å².